The quantitative estimate of drug-likeness (QED) is 0.777. The van der Waals surface area contributed by atoms with E-state index in [1.165, 1.54) is 0 Å². The summed E-state index contributed by atoms with van der Waals surface area (Å²) in [7, 11) is 0. The fraction of sp³-hybridized carbons (Fsp3) is 0.118. The largest absolute Gasteiger partial charge is 0.368 e. The van der Waals surface area contributed by atoms with Gasteiger partial charge in [0.25, 0.3) is 0 Å². The van der Waals surface area contributed by atoms with Crippen molar-refractivity contribution in [2.75, 3.05) is 11.9 Å². The van der Waals surface area contributed by atoms with Crippen LogP contribution < -0.4 is 5.32 Å². The lowest BCUT2D eigenvalue weighted by atomic mass is 10.2. The van der Waals surface area contributed by atoms with Crippen molar-refractivity contribution < 1.29 is 0 Å². The molecule has 4 nitrogen and oxygen atoms in total. The summed E-state index contributed by atoms with van der Waals surface area (Å²) in [6.45, 7) is 0.755. The summed E-state index contributed by atoms with van der Waals surface area (Å²) in [4.78, 5) is 13.1. The summed E-state index contributed by atoms with van der Waals surface area (Å²) in [5.74, 6) is 0.744. The van der Waals surface area contributed by atoms with Gasteiger partial charge in [0.15, 0.2) is 0 Å². The smallest absolute Gasteiger partial charge is 0.145 e. The predicted molar refractivity (Wildman–Crippen MR) is 88.9 cm³/mol. The molecule has 3 aromatic rings. The molecule has 0 fully saturated rings. The van der Waals surface area contributed by atoms with Gasteiger partial charge in [-0.1, -0.05) is 29.8 Å². The normalized spacial score (nSPS) is 10.4. The van der Waals surface area contributed by atoms with Crippen LogP contribution in [-0.4, -0.2) is 21.5 Å². The summed E-state index contributed by atoms with van der Waals surface area (Å²) in [5.41, 5.74) is 2.80. The van der Waals surface area contributed by atoms with Gasteiger partial charge in [-0.15, -0.1) is 0 Å². The number of aromatic nitrogens is 3. The van der Waals surface area contributed by atoms with Gasteiger partial charge >= 0.3 is 0 Å². The zero-order valence-corrected chi connectivity index (χ0v) is 12.7. The van der Waals surface area contributed by atoms with E-state index in [1.807, 2.05) is 42.5 Å². The molecular formula is C17H15ClN4. The average molecular weight is 311 g/mol. The first-order chi connectivity index (χ1) is 10.8. The van der Waals surface area contributed by atoms with Crippen LogP contribution in [0.5, 0.6) is 0 Å². The molecule has 110 valence electrons. The minimum Gasteiger partial charge on any atom is -0.368 e. The van der Waals surface area contributed by atoms with Gasteiger partial charge in [-0.05, 0) is 24.3 Å². The van der Waals surface area contributed by atoms with E-state index in [1.54, 1.807) is 18.6 Å². The summed E-state index contributed by atoms with van der Waals surface area (Å²) in [6.07, 6.45) is 6.08. The van der Waals surface area contributed by atoms with Gasteiger partial charge in [-0.2, -0.15) is 0 Å². The number of rotatable bonds is 5. The molecule has 0 unspecified atom stereocenters. The Labute approximate surface area is 134 Å². The standard InChI is InChI=1S/C17H15ClN4/c18-14-5-3-4-13(10-14)16-11-19-12-17(22-16)21-9-7-15-6-1-2-8-20-15/h1-6,8,10-12H,7,9H2,(H,21,22). The number of benzene rings is 1. The van der Waals surface area contributed by atoms with Crippen molar-refractivity contribution in [2.24, 2.45) is 0 Å². The lowest BCUT2D eigenvalue weighted by Gasteiger charge is -2.07. The molecule has 22 heavy (non-hydrogen) atoms. The zero-order chi connectivity index (χ0) is 15.2. The first-order valence-corrected chi connectivity index (χ1v) is 7.41. The molecule has 0 atom stereocenters. The number of nitrogens with one attached hydrogen (secondary N) is 1. The van der Waals surface area contributed by atoms with E-state index in [-0.39, 0.29) is 0 Å². The fourth-order valence-electron chi connectivity index (χ4n) is 2.10. The molecule has 0 aliphatic carbocycles. The summed E-state index contributed by atoms with van der Waals surface area (Å²) < 4.78 is 0. The maximum absolute atomic E-state index is 6.02. The van der Waals surface area contributed by atoms with E-state index in [0.29, 0.717) is 5.02 Å². The van der Waals surface area contributed by atoms with Gasteiger partial charge in [0.05, 0.1) is 18.1 Å². The molecule has 0 saturated carbocycles. The number of anilines is 1. The molecule has 0 radical (unpaired) electrons. The first-order valence-electron chi connectivity index (χ1n) is 7.03. The molecule has 0 spiro atoms. The third kappa shape index (κ3) is 3.80. The molecule has 1 N–H and O–H groups in total. The molecule has 2 heterocycles. The Morgan fingerprint density at radius 2 is 2.00 bits per heavy atom. The van der Waals surface area contributed by atoms with Crippen LogP contribution in [0.1, 0.15) is 5.69 Å². The molecule has 0 aliphatic heterocycles. The number of hydrogen-bond acceptors (Lipinski definition) is 4. The highest BCUT2D eigenvalue weighted by Gasteiger charge is 2.03. The molecule has 5 heteroatoms. The van der Waals surface area contributed by atoms with Gasteiger partial charge < -0.3 is 5.32 Å². The Bertz CT molecular complexity index is 746. The van der Waals surface area contributed by atoms with Crippen LogP contribution in [0.2, 0.25) is 5.02 Å². The second kappa shape index (κ2) is 7.00. The Morgan fingerprint density at radius 1 is 1.05 bits per heavy atom. The lowest BCUT2D eigenvalue weighted by Crippen LogP contribution is -2.07. The number of nitrogens with zero attached hydrogens (tertiary/aromatic N) is 3. The molecule has 0 saturated heterocycles. The number of pyridine rings is 1. The minimum atomic E-state index is 0.688. The van der Waals surface area contributed by atoms with E-state index in [9.17, 15) is 0 Å². The van der Waals surface area contributed by atoms with E-state index in [2.05, 4.69) is 20.3 Å². The van der Waals surface area contributed by atoms with Gasteiger partial charge in [0.2, 0.25) is 0 Å². The van der Waals surface area contributed by atoms with Crippen LogP contribution >= 0.6 is 11.6 Å². The first kappa shape index (κ1) is 14.5. The molecule has 1 aromatic carbocycles. The molecule has 0 amide bonds. The summed E-state index contributed by atoms with van der Waals surface area (Å²) in [6, 6.07) is 13.5. The lowest BCUT2D eigenvalue weighted by molar-refractivity contribution is 0.951. The van der Waals surface area contributed by atoms with Crippen LogP contribution in [0.25, 0.3) is 11.3 Å². The number of halogens is 1. The highest BCUT2D eigenvalue weighted by molar-refractivity contribution is 6.30. The van der Waals surface area contributed by atoms with Crippen molar-refractivity contribution in [3.8, 4) is 11.3 Å². The monoisotopic (exact) mass is 310 g/mol. The highest BCUT2D eigenvalue weighted by atomic mass is 35.5. The van der Waals surface area contributed by atoms with E-state index in [4.69, 9.17) is 11.6 Å². The van der Waals surface area contributed by atoms with Crippen LogP contribution in [0, 0.1) is 0 Å². The van der Waals surface area contributed by atoms with E-state index < -0.39 is 0 Å². The summed E-state index contributed by atoms with van der Waals surface area (Å²) in [5, 5.41) is 3.96. The topological polar surface area (TPSA) is 50.7 Å². The fourth-order valence-corrected chi connectivity index (χ4v) is 2.29. The average Bonchev–Trinajstić information content (AvgIpc) is 2.56. The predicted octanol–water partition coefficient (Wildman–Crippen LogP) is 3.85. The van der Waals surface area contributed by atoms with Gasteiger partial charge in [0.1, 0.15) is 5.82 Å². The zero-order valence-electron chi connectivity index (χ0n) is 11.9. The second-order valence-corrected chi connectivity index (χ2v) is 5.23. The molecular weight excluding hydrogens is 296 g/mol. The summed E-state index contributed by atoms with van der Waals surface area (Å²) >= 11 is 6.02. The van der Waals surface area contributed by atoms with Crippen molar-refractivity contribution in [1.82, 2.24) is 15.0 Å². The van der Waals surface area contributed by atoms with Gasteiger partial charge in [0, 0.05) is 35.4 Å². The third-order valence-electron chi connectivity index (χ3n) is 3.17. The molecule has 3 rings (SSSR count). The van der Waals surface area contributed by atoms with Gasteiger partial charge in [-0.25, -0.2) is 4.98 Å². The van der Waals surface area contributed by atoms with Crippen molar-refractivity contribution >= 4 is 17.4 Å². The van der Waals surface area contributed by atoms with Crippen molar-refractivity contribution in [1.29, 1.82) is 0 Å². The van der Waals surface area contributed by atoms with Crippen molar-refractivity contribution in [2.45, 2.75) is 6.42 Å². The molecule has 0 aliphatic rings. The molecule has 2 aromatic heterocycles. The van der Waals surface area contributed by atoms with Gasteiger partial charge in [-0.3, -0.25) is 9.97 Å². The third-order valence-corrected chi connectivity index (χ3v) is 3.40. The number of hydrogen-bond donors (Lipinski definition) is 1. The van der Waals surface area contributed by atoms with Crippen LogP contribution in [0.15, 0.2) is 61.1 Å². The van der Waals surface area contributed by atoms with Crippen LogP contribution in [0.3, 0.4) is 0 Å². The van der Waals surface area contributed by atoms with E-state index >= 15 is 0 Å². The highest BCUT2D eigenvalue weighted by Crippen LogP contribution is 2.21. The van der Waals surface area contributed by atoms with Crippen LogP contribution in [-0.2, 0) is 6.42 Å². The molecule has 0 bridgehead atoms. The van der Waals surface area contributed by atoms with Crippen molar-refractivity contribution in [3.63, 3.8) is 0 Å². The Kier molecular flexibility index (Phi) is 4.61. The van der Waals surface area contributed by atoms with Crippen LogP contribution in [0.4, 0.5) is 5.82 Å². The Balaban J connectivity index is 1.66. The maximum Gasteiger partial charge on any atom is 0.145 e. The minimum absolute atomic E-state index is 0.688. The Hall–Kier alpha value is -2.46. The van der Waals surface area contributed by atoms with Crippen molar-refractivity contribution in [3.05, 3.63) is 71.8 Å². The maximum atomic E-state index is 6.02. The SMILES string of the molecule is Clc1cccc(-c2cncc(NCCc3ccccn3)n2)c1. The Morgan fingerprint density at radius 3 is 2.82 bits per heavy atom. The van der Waals surface area contributed by atoms with E-state index in [0.717, 1.165) is 35.7 Å². The second-order valence-electron chi connectivity index (χ2n) is 4.80.